The molecule has 0 atom stereocenters. The van der Waals surface area contributed by atoms with Gasteiger partial charge in [0.25, 0.3) is 0 Å². The molecule has 138 valence electrons. The van der Waals surface area contributed by atoms with Gasteiger partial charge in [-0.15, -0.1) is 0 Å². The number of unbranched alkanes of at least 4 members (excludes halogenated alkanes) is 14. The third-order valence-corrected chi connectivity index (χ3v) is 5.90. The van der Waals surface area contributed by atoms with Crippen LogP contribution in [0, 0.1) is 0 Å². The van der Waals surface area contributed by atoms with E-state index in [1.807, 2.05) is 0 Å². The number of hydrogen-bond donors (Lipinski definition) is 0. The van der Waals surface area contributed by atoms with Crippen molar-refractivity contribution in [2.24, 2.45) is 0 Å². The van der Waals surface area contributed by atoms with Crippen molar-refractivity contribution >= 4 is 0 Å². The van der Waals surface area contributed by atoms with E-state index in [1.54, 1.807) is 0 Å². The summed E-state index contributed by atoms with van der Waals surface area (Å²) in [5.74, 6) is 0. The zero-order chi connectivity index (χ0) is 16.8. The average Bonchev–Trinajstić information content (AvgIpc) is 2.57. The molecule has 3 heteroatoms. The Morgan fingerprint density at radius 3 is 1.09 bits per heavy atom. The fraction of sp³-hybridized carbons (Fsp3) is 1.00. The quantitative estimate of drug-likeness (QED) is 0.199. The topological polar surface area (TPSA) is 18.5 Å². The average molecular weight is 406 g/mol. The van der Waals surface area contributed by atoms with Gasteiger partial charge in [-0.3, -0.25) is 0 Å². The predicted molar refractivity (Wildman–Crippen MR) is 97.1 cm³/mol. The fourth-order valence-corrected chi connectivity index (χ4v) is 4.07. The van der Waals surface area contributed by atoms with Gasteiger partial charge >= 0.3 is 160 Å². The molecule has 0 bridgehead atoms. The summed E-state index contributed by atoms with van der Waals surface area (Å²) in [4.78, 5) is 0. The standard InChI is InChI=1S/2C10H21O.Zr/c2*1-2-3-4-5-6-7-8-9-10-11;/h2*2-10H2,1H3;/q2*-1;+2. The molecule has 0 aliphatic heterocycles. The zero-order valence-corrected chi connectivity index (χ0v) is 18.5. The third kappa shape index (κ3) is 22.8. The minimum absolute atomic E-state index is 0.943. The molecule has 0 heterocycles. The van der Waals surface area contributed by atoms with Crippen LogP contribution < -0.4 is 0 Å². The molecule has 0 spiro atoms. The van der Waals surface area contributed by atoms with Gasteiger partial charge in [0.1, 0.15) is 0 Å². The normalized spacial score (nSPS) is 11.0. The van der Waals surface area contributed by atoms with Crippen molar-refractivity contribution in [1.82, 2.24) is 0 Å². The maximum atomic E-state index is 5.70. The molecule has 0 aliphatic rings. The predicted octanol–water partition coefficient (Wildman–Crippen LogP) is 7.21. The molecule has 0 unspecified atom stereocenters. The molecule has 0 aliphatic carbocycles. The summed E-state index contributed by atoms with van der Waals surface area (Å²) in [6, 6.07) is 0. The second kappa shape index (κ2) is 22.8. The first-order chi connectivity index (χ1) is 11.4. The molecule has 0 amide bonds. The SMILES string of the molecule is CCCCCCCCCC[O][Zr][O]CCCCCCCCCC. The van der Waals surface area contributed by atoms with E-state index < -0.39 is 24.1 Å². The Morgan fingerprint density at radius 2 is 0.739 bits per heavy atom. The Labute approximate surface area is 159 Å². The first kappa shape index (κ1) is 23.8. The summed E-state index contributed by atoms with van der Waals surface area (Å²) in [6.07, 6.45) is 21.9. The molecule has 0 aromatic heterocycles. The summed E-state index contributed by atoms with van der Waals surface area (Å²) >= 11 is -0.955. The Balaban J connectivity index is 2.92. The van der Waals surface area contributed by atoms with Crippen LogP contribution in [-0.2, 0) is 29.7 Å². The van der Waals surface area contributed by atoms with Crippen LogP contribution in [0.25, 0.3) is 0 Å². The van der Waals surface area contributed by atoms with Gasteiger partial charge in [-0.05, 0) is 0 Å². The van der Waals surface area contributed by atoms with Gasteiger partial charge in [0.2, 0.25) is 0 Å². The van der Waals surface area contributed by atoms with E-state index in [0.717, 1.165) is 13.2 Å². The summed E-state index contributed by atoms with van der Waals surface area (Å²) in [5, 5.41) is 0. The zero-order valence-electron chi connectivity index (χ0n) is 16.0. The fourth-order valence-electron chi connectivity index (χ4n) is 2.74. The van der Waals surface area contributed by atoms with Crippen LogP contribution in [0.1, 0.15) is 117 Å². The molecule has 0 radical (unpaired) electrons. The van der Waals surface area contributed by atoms with Crippen molar-refractivity contribution in [3.8, 4) is 0 Å². The molecule has 0 aromatic carbocycles. The van der Waals surface area contributed by atoms with E-state index in [9.17, 15) is 0 Å². The molecule has 0 aromatic rings. The monoisotopic (exact) mass is 404 g/mol. The van der Waals surface area contributed by atoms with Crippen molar-refractivity contribution in [3.63, 3.8) is 0 Å². The van der Waals surface area contributed by atoms with Crippen LogP contribution in [0.4, 0.5) is 0 Å². The summed E-state index contributed by atoms with van der Waals surface area (Å²) in [5.41, 5.74) is 0. The Kier molecular flexibility index (Phi) is 23.6. The van der Waals surface area contributed by atoms with Crippen LogP contribution in [0.5, 0.6) is 0 Å². The molecule has 0 rings (SSSR count). The van der Waals surface area contributed by atoms with Crippen molar-refractivity contribution in [2.75, 3.05) is 13.2 Å². The maximum absolute atomic E-state index is 5.70. The first-order valence-corrected chi connectivity index (χ1v) is 12.4. The Bertz CT molecular complexity index is 180. The van der Waals surface area contributed by atoms with E-state index >= 15 is 0 Å². The number of rotatable bonds is 20. The molecule has 0 saturated carbocycles. The minimum atomic E-state index is -0.955. The van der Waals surface area contributed by atoms with Gasteiger partial charge in [-0.25, -0.2) is 0 Å². The third-order valence-electron chi connectivity index (χ3n) is 4.32. The van der Waals surface area contributed by atoms with Crippen LogP contribution in [0.2, 0.25) is 0 Å². The van der Waals surface area contributed by atoms with Crippen molar-refractivity contribution in [2.45, 2.75) is 117 Å². The Hall–Kier alpha value is 0.803. The van der Waals surface area contributed by atoms with Gasteiger partial charge in [-0.1, -0.05) is 0 Å². The number of hydrogen-bond acceptors (Lipinski definition) is 2. The second-order valence-electron chi connectivity index (χ2n) is 6.73. The second-order valence-corrected chi connectivity index (χ2v) is 8.56. The summed E-state index contributed by atoms with van der Waals surface area (Å²) < 4.78 is 11.4. The van der Waals surface area contributed by atoms with E-state index in [0.29, 0.717) is 0 Å². The molecule has 0 fully saturated rings. The molecule has 2 nitrogen and oxygen atoms in total. The van der Waals surface area contributed by atoms with Gasteiger partial charge in [0.15, 0.2) is 0 Å². The van der Waals surface area contributed by atoms with Gasteiger partial charge in [-0.2, -0.15) is 0 Å². The van der Waals surface area contributed by atoms with Crippen molar-refractivity contribution in [1.29, 1.82) is 0 Å². The van der Waals surface area contributed by atoms with E-state index in [1.165, 1.54) is 103 Å². The van der Waals surface area contributed by atoms with E-state index in [-0.39, 0.29) is 0 Å². The molecule has 0 N–H and O–H groups in total. The summed E-state index contributed by atoms with van der Waals surface area (Å²) in [7, 11) is 0. The molecular weight excluding hydrogens is 363 g/mol. The van der Waals surface area contributed by atoms with E-state index in [4.69, 9.17) is 5.63 Å². The van der Waals surface area contributed by atoms with Crippen LogP contribution in [0.3, 0.4) is 0 Å². The van der Waals surface area contributed by atoms with Gasteiger partial charge < -0.3 is 0 Å². The van der Waals surface area contributed by atoms with Crippen molar-refractivity contribution < 1.29 is 29.7 Å². The molecule has 0 saturated heterocycles. The van der Waals surface area contributed by atoms with Crippen LogP contribution >= 0.6 is 0 Å². The first-order valence-electron chi connectivity index (χ1n) is 10.4. The van der Waals surface area contributed by atoms with Gasteiger partial charge in [0.05, 0.1) is 0 Å². The van der Waals surface area contributed by atoms with E-state index in [2.05, 4.69) is 13.8 Å². The van der Waals surface area contributed by atoms with Crippen LogP contribution in [-0.4, -0.2) is 13.2 Å². The van der Waals surface area contributed by atoms with Gasteiger partial charge in [0, 0.05) is 0 Å². The van der Waals surface area contributed by atoms with Crippen LogP contribution in [0.15, 0.2) is 0 Å². The molecule has 23 heavy (non-hydrogen) atoms. The van der Waals surface area contributed by atoms with Crippen molar-refractivity contribution in [3.05, 3.63) is 0 Å². The Morgan fingerprint density at radius 1 is 0.435 bits per heavy atom. The molecular formula is C20H42O2Zr. The summed E-state index contributed by atoms with van der Waals surface area (Å²) in [6.45, 7) is 6.44.